The van der Waals surface area contributed by atoms with E-state index in [0.29, 0.717) is 24.0 Å². The summed E-state index contributed by atoms with van der Waals surface area (Å²) in [5.41, 5.74) is 0.871. The first kappa shape index (κ1) is 17.5. The molecule has 0 bridgehead atoms. The lowest BCUT2D eigenvalue weighted by atomic mass is 9.93. The summed E-state index contributed by atoms with van der Waals surface area (Å²) >= 11 is 11.3. The van der Waals surface area contributed by atoms with Crippen LogP contribution in [0.15, 0.2) is 21.7 Å². The summed E-state index contributed by atoms with van der Waals surface area (Å²) in [5, 5.41) is 0. The molecule has 1 heterocycles. The molecule has 1 saturated carbocycles. The van der Waals surface area contributed by atoms with Crippen molar-refractivity contribution in [3.63, 3.8) is 0 Å². The van der Waals surface area contributed by atoms with Gasteiger partial charge in [-0.25, -0.2) is 4.90 Å². The van der Waals surface area contributed by atoms with Gasteiger partial charge in [-0.2, -0.15) is 0 Å². The molecule has 3 rings (SSSR count). The highest BCUT2D eigenvalue weighted by Crippen LogP contribution is 2.60. The zero-order valence-electron chi connectivity index (χ0n) is 13.6. The fourth-order valence-electron chi connectivity index (χ4n) is 3.71. The van der Waals surface area contributed by atoms with Gasteiger partial charge in [-0.05, 0) is 43.1 Å². The number of rotatable bonds is 4. The quantitative estimate of drug-likeness (QED) is 0.561. The summed E-state index contributed by atoms with van der Waals surface area (Å²) in [6, 6.07) is 0. The van der Waals surface area contributed by atoms with Crippen molar-refractivity contribution < 1.29 is 19.1 Å². The van der Waals surface area contributed by atoms with Crippen molar-refractivity contribution >= 4 is 41.0 Å². The van der Waals surface area contributed by atoms with Crippen LogP contribution in [0.25, 0.3) is 0 Å². The maximum Gasteiger partial charge on any atom is 0.311 e. The molecule has 1 aliphatic heterocycles. The Labute approximate surface area is 150 Å². The van der Waals surface area contributed by atoms with Gasteiger partial charge in [0.25, 0.3) is 11.8 Å². The molecule has 2 amide bonds. The second-order valence-electron chi connectivity index (χ2n) is 7.08. The summed E-state index contributed by atoms with van der Waals surface area (Å²) in [7, 11) is 0. The molecule has 5 nitrogen and oxygen atoms in total. The number of carbonyl (C=O) groups excluding carboxylic acids is 3. The Morgan fingerprint density at radius 2 is 1.75 bits per heavy atom. The van der Waals surface area contributed by atoms with E-state index in [1.807, 2.05) is 13.8 Å². The first-order valence-corrected chi connectivity index (χ1v) is 8.78. The maximum atomic E-state index is 12.3. The number of halogens is 2. The highest BCUT2D eigenvalue weighted by Gasteiger charge is 2.61. The van der Waals surface area contributed by atoms with E-state index in [1.165, 1.54) is 0 Å². The van der Waals surface area contributed by atoms with Crippen molar-refractivity contribution in [1.29, 1.82) is 0 Å². The molecule has 2 aliphatic carbocycles. The lowest BCUT2D eigenvalue weighted by Gasteiger charge is -2.15. The van der Waals surface area contributed by atoms with Gasteiger partial charge in [-0.3, -0.25) is 14.4 Å². The molecule has 2 unspecified atom stereocenters. The Kier molecular flexibility index (Phi) is 4.51. The van der Waals surface area contributed by atoms with E-state index >= 15 is 0 Å². The van der Waals surface area contributed by atoms with Gasteiger partial charge in [0, 0.05) is 11.1 Å². The average Bonchev–Trinajstić information content (AvgIpc) is 2.96. The third kappa shape index (κ3) is 2.88. The zero-order valence-corrected chi connectivity index (χ0v) is 15.1. The first-order valence-electron chi connectivity index (χ1n) is 8.03. The Morgan fingerprint density at radius 1 is 1.21 bits per heavy atom. The second-order valence-corrected chi connectivity index (χ2v) is 8.08. The summed E-state index contributed by atoms with van der Waals surface area (Å²) in [5.74, 6) is -1.57. The third-order valence-electron chi connectivity index (χ3n) is 5.28. The van der Waals surface area contributed by atoms with Crippen LogP contribution in [0.3, 0.4) is 0 Å². The minimum absolute atomic E-state index is 0.105. The van der Waals surface area contributed by atoms with Crippen LogP contribution in [0.4, 0.5) is 0 Å². The number of amides is 2. The fraction of sp³-hybridized carbons (Fsp3) is 0.588. The molecule has 0 N–H and O–H groups in total. The van der Waals surface area contributed by atoms with Crippen LogP contribution >= 0.6 is 23.2 Å². The van der Waals surface area contributed by atoms with Gasteiger partial charge in [0.05, 0.1) is 5.92 Å². The van der Waals surface area contributed by atoms with Crippen molar-refractivity contribution in [1.82, 2.24) is 4.90 Å². The third-order valence-corrected chi connectivity index (χ3v) is 5.53. The van der Waals surface area contributed by atoms with Gasteiger partial charge >= 0.3 is 5.97 Å². The number of ether oxygens (including phenoxy) is 1. The van der Waals surface area contributed by atoms with Gasteiger partial charge in [-0.15, -0.1) is 0 Å². The fourth-order valence-corrected chi connectivity index (χ4v) is 3.98. The van der Waals surface area contributed by atoms with Gasteiger partial charge in [0.1, 0.15) is 4.49 Å². The van der Waals surface area contributed by atoms with E-state index in [0.717, 1.165) is 17.7 Å². The summed E-state index contributed by atoms with van der Waals surface area (Å²) in [4.78, 5) is 37.9. The second kappa shape index (κ2) is 6.19. The first-order chi connectivity index (χ1) is 11.2. The molecule has 3 aliphatic rings. The summed E-state index contributed by atoms with van der Waals surface area (Å²) < 4.78 is 5.36. The number of nitrogens with zero attached hydrogens (tertiary/aromatic N) is 1. The standard InChI is InChI=1S/C17H19Cl2NO4/c1-17(2)11(7-12(18)19)13(17)16(23)24-8-20-14(21)9-5-3-4-6-10(9)15(20)22/h7,11,13H,3-6,8H2,1-2H3. The topological polar surface area (TPSA) is 63.7 Å². The number of carbonyl (C=O) groups is 3. The molecule has 0 aromatic rings. The molecule has 0 saturated heterocycles. The molecule has 7 heteroatoms. The maximum absolute atomic E-state index is 12.3. The normalized spacial score (nSPS) is 27.9. The number of esters is 1. The highest BCUT2D eigenvalue weighted by atomic mass is 35.5. The van der Waals surface area contributed by atoms with E-state index < -0.39 is 5.97 Å². The molecule has 0 aromatic carbocycles. The monoisotopic (exact) mass is 371 g/mol. The van der Waals surface area contributed by atoms with Crippen LogP contribution < -0.4 is 0 Å². The highest BCUT2D eigenvalue weighted by molar-refractivity contribution is 6.55. The average molecular weight is 372 g/mol. The Balaban J connectivity index is 1.61. The van der Waals surface area contributed by atoms with Crippen LogP contribution in [0, 0.1) is 17.3 Å². The molecule has 130 valence electrons. The van der Waals surface area contributed by atoms with Crippen molar-refractivity contribution in [2.45, 2.75) is 39.5 Å². The lowest BCUT2D eigenvalue weighted by Crippen LogP contribution is -2.35. The van der Waals surface area contributed by atoms with Crippen molar-refractivity contribution in [2.24, 2.45) is 17.3 Å². The van der Waals surface area contributed by atoms with Crippen molar-refractivity contribution in [2.75, 3.05) is 6.73 Å². The minimum Gasteiger partial charge on any atom is -0.443 e. The molecule has 1 fully saturated rings. The predicted octanol–water partition coefficient (Wildman–Crippen LogP) is 3.32. The largest absolute Gasteiger partial charge is 0.443 e. The van der Waals surface area contributed by atoms with Crippen LogP contribution in [0.2, 0.25) is 0 Å². The van der Waals surface area contributed by atoms with E-state index in [9.17, 15) is 14.4 Å². The number of allylic oxidation sites excluding steroid dienone is 1. The van der Waals surface area contributed by atoms with E-state index in [4.69, 9.17) is 27.9 Å². The molecule has 24 heavy (non-hydrogen) atoms. The van der Waals surface area contributed by atoms with E-state index in [1.54, 1.807) is 6.08 Å². The molecular weight excluding hydrogens is 353 g/mol. The molecule has 0 aromatic heterocycles. The Morgan fingerprint density at radius 3 is 2.25 bits per heavy atom. The van der Waals surface area contributed by atoms with Crippen LogP contribution in [-0.2, 0) is 19.1 Å². The molecule has 0 spiro atoms. The Hall–Kier alpha value is -1.33. The van der Waals surface area contributed by atoms with E-state index in [2.05, 4.69) is 0 Å². The molecular formula is C17H19Cl2NO4. The lowest BCUT2D eigenvalue weighted by molar-refractivity contribution is -0.156. The van der Waals surface area contributed by atoms with Gasteiger partial charge in [-0.1, -0.05) is 37.0 Å². The number of imide groups is 1. The van der Waals surface area contributed by atoms with Crippen LogP contribution in [0.1, 0.15) is 39.5 Å². The number of hydrogen-bond donors (Lipinski definition) is 0. The van der Waals surface area contributed by atoms with Crippen molar-refractivity contribution in [3.8, 4) is 0 Å². The van der Waals surface area contributed by atoms with Crippen LogP contribution in [0.5, 0.6) is 0 Å². The number of hydrogen-bond acceptors (Lipinski definition) is 4. The molecule has 0 radical (unpaired) electrons. The summed E-state index contributed by atoms with van der Waals surface area (Å²) in [6.45, 7) is 3.51. The van der Waals surface area contributed by atoms with Gasteiger partial charge < -0.3 is 4.74 Å². The van der Waals surface area contributed by atoms with Crippen LogP contribution in [-0.4, -0.2) is 29.4 Å². The Bertz CT molecular complexity index is 648. The van der Waals surface area contributed by atoms with Gasteiger partial charge in [0.2, 0.25) is 0 Å². The van der Waals surface area contributed by atoms with Crippen molar-refractivity contribution in [3.05, 3.63) is 21.7 Å². The van der Waals surface area contributed by atoms with E-state index in [-0.39, 0.29) is 40.3 Å². The predicted molar refractivity (Wildman–Crippen MR) is 88.9 cm³/mol. The van der Waals surface area contributed by atoms with Gasteiger partial charge in [0.15, 0.2) is 6.73 Å². The zero-order chi connectivity index (χ0) is 17.6. The minimum atomic E-state index is -0.443. The smallest absolute Gasteiger partial charge is 0.311 e. The summed E-state index contributed by atoms with van der Waals surface area (Å²) in [6.07, 6.45) is 4.70. The SMILES string of the molecule is CC1(C)C(C=C(Cl)Cl)C1C(=O)OCN1C(=O)C2=C(CCCC2)C1=O. The molecule has 2 atom stereocenters.